The lowest BCUT2D eigenvalue weighted by molar-refractivity contribution is -0.137. The molecule has 2 heterocycles. The molecule has 0 spiro atoms. The number of benzene rings is 1. The van der Waals surface area contributed by atoms with E-state index in [2.05, 4.69) is 20.5 Å². The SMILES string of the molecule is COc1ccc(N2CCOCC2)c2sc(NC(=O)NCCCCCC(=O)O)nc12. The predicted octanol–water partition coefficient (Wildman–Crippen LogP) is 2.91. The van der Waals surface area contributed by atoms with Gasteiger partial charge < -0.3 is 24.8 Å². The third kappa shape index (κ3) is 5.70. The topological polar surface area (TPSA) is 113 Å². The van der Waals surface area contributed by atoms with Gasteiger partial charge in [0.2, 0.25) is 0 Å². The number of nitrogens with one attached hydrogen (secondary N) is 2. The minimum Gasteiger partial charge on any atom is -0.494 e. The molecule has 3 rings (SSSR count). The summed E-state index contributed by atoms with van der Waals surface area (Å²) in [6.45, 7) is 3.48. The third-order valence-electron chi connectivity index (χ3n) is 4.63. The molecule has 1 fully saturated rings. The van der Waals surface area contributed by atoms with Crippen LogP contribution < -0.4 is 20.3 Å². The molecule has 3 N–H and O–H groups in total. The molecule has 1 aliphatic rings. The number of rotatable bonds is 9. The number of aromatic nitrogens is 1. The van der Waals surface area contributed by atoms with Crippen molar-refractivity contribution in [2.24, 2.45) is 0 Å². The Kier molecular flexibility index (Phi) is 7.48. The van der Waals surface area contributed by atoms with E-state index in [0.717, 1.165) is 41.8 Å². The summed E-state index contributed by atoms with van der Waals surface area (Å²) in [5.41, 5.74) is 1.79. The van der Waals surface area contributed by atoms with Crippen LogP contribution in [0.25, 0.3) is 10.2 Å². The average molecular weight is 423 g/mol. The van der Waals surface area contributed by atoms with Gasteiger partial charge in [-0.15, -0.1) is 0 Å². The number of urea groups is 1. The molecule has 2 amide bonds. The van der Waals surface area contributed by atoms with E-state index in [0.29, 0.717) is 37.1 Å². The van der Waals surface area contributed by atoms with Crippen molar-refractivity contribution in [3.05, 3.63) is 12.1 Å². The van der Waals surface area contributed by atoms with Gasteiger partial charge in [-0.25, -0.2) is 9.78 Å². The number of unbranched alkanes of at least 4 members (excludes halogenated alkanes) is 2. The van der Waals surface area contributed by atoms with E-state index < -0.39 is 5.97 Å². The summed E-state index contributed by atoms with van der Waals surface area (Å²) in [7, 11) is 1.60. The predicted molar refractivity (Wildman–Crippen MR) is 112 cm³/mol. The molecule has 1 aromatic carbocycles. The van der Waals surface area contributed by atoms with Crippen molar-refractivity contribution in [1.29, 1.82) is 0 Å². The lowest BCUT2D eigenvalue weighted by Crippen LogP contribution is -2.36. The maximum Gasteiger partial charge on any atom is 0.321 e. The number of aliphatic carboxylic acids is 1. The van der Waals surface area contributed by atoms with E-state index in [1.807, 2.05) is 12.1 Å². The average Bonchev–Trinajstić information content (AvgIpc) is 3.13. The summed E-state index contributed by atoms with van der Waals surface area (Å²) in [6.07, 6.45) is 2.26. The number of thiazole rings is 1. The highest BCUT2D eigenvalue weighted by atomic mass is 32.1. The Bertz CT molecular complexity index is 850. The second kappa shape index (κ2) is 10.3. The molecule has 0 atom stereocenters. The lowest BCUT2D eigenvalue weighted by Gasteiger charge is -2.29. The zero-order valence-corrected chi connectivity index (χ0v) is 17.2. The number of ether oxygens (including phenoxy) is 2. The first-order chi connectivity index (χ1) is 14.1. The van der Waals surface area contributed by atoms with Gasteiger partial charge in [-0.05, 0) is 25.0 Å². The number of carboxylic acid groups (broad SMARTS) is 1. The number of carbonyl (C=O) groups is 2. The van der Waals surface area contributed by atoms with Crippen molar-refractivity contribution in [2.75, 3.05) is 50.2 Å². The van der Waals surface area contributed by atoms with E-state index in [1.54, 1.807) is 7.11 Å². The van der Waals surface area contributed by atoms with Gasteiger partial charge in [-0.2, -0.15) is 0 Å². The van der Waals surface area contributed by atoms with Gasteiger partial charge in [-0.3, -0.25) is 10.1 Å². The number of hydrogen-bond donors (Lipinski definition) is 3. The lowest BCUT2D eigenvalue weighted by atomic mass is 10.2. The van der Waals surface area contributed by atoms with Crippen LogP contribution in [0.3, 0.4) is 0 Å². The molecule has 1 aliphatic heterocycles. The Morgan fingerprint density at radius 1 is 1.28 bits per heavy atom. The fraction of sp³-hybridized carbons (Fsp3) is 0.526. The van der Waals surface area contributed by atoms with Crippen LogP contribution in [0.4, 0.5) is 15.6 Å². The fourth-order valence-corrected chi connectivity index (χ4v) is 4.18. The molecule has 0 radical (unpaired) electrons. The van der Waals surface area contributed by atoms with Gasteiger partial charge in [0.15, 0.2) is 5.13 Å². The van der Waals surface area contributed by atoms with Crippen molar-refractivity contribution in [2.45, 2.75) is 25.7 Å². The summed E-state index contributed by atoms with van der Waals surface area (Å²) in [4.78, 5) is 29.5. The second-order valence-corrected chi connectivity index (χ2v) is 7.67. The molecule has 0 unspecified atom stereocenters. The highest BCUT2D eigenvalue weighted by molar-refractivity contribution is 7.23. The van der Waals surface area contributed by atoms with Gasteiger partial charge in [0.25, 0.3) is 0 Å². The number of anilines is 2. The Morgan fingerprint density at radius 3 is 2.79 bits per heavy atom. The molecule has 2 aromatic rings. The standard InChI is InChI=1S/C19H26N4O5S/c1-27-14-7-6-13(23-9-11-28-12-10-23)17-16(14)21-19(29-17)22-18(26)20-8-4-2-3-5-15(24)25/h6-7H,2-5,8-12H2,1H3,(H,24,25)(H2,20,21,22,26). The quantitative estimate of drug-likeness (QED) is 0.533. The van der Waals surface area contributed by atoms with Crippen LogP contribution in [0.15, 0.2) is 12.1 Å². The van der Waals surface area contributed by atoms with Gasteiger partial charge in [0, 0.05) is 26.1 Å². The zero-order chi connectivity index (χ0) is 20.6. The van der Waals surface area contributed by atoms with Crippen LogP contribution in [0.5, 0.6) is 5.75 Å². The molecule has 1 saturated heterocycles. The maximum atomic E-state index is 12.2. The van der Waals surface area contributed by atoms with Crippen LogP contribution in [0.2, 0.25) is 0 Å². The molecule has 0 aliphatic carbocycles. The molecule has 0 saturated carbocycles. The first kappa shape index (κ1) is 21.1. The minimum atomic E-state index is -0.793. The highest BCUT2D eigenvalue weighted by Gasteiger charge is 2.19. The summed E-state index contributed by atoms with van der Waals surface area (Å²) in [6, 6.07) is 3.59. The molecule has 9 nitrogen and oxygen atoms in total. The van der Waals surface area contributed by atoms with E-state index in [9.17, 15) is 9.59 Å². The number of fused-ring (bicyclic) bond motifs is 1. The van der Waals surface area contributed by atoms with Crippen molar-refractivity contribution in [1.82, 2.24) is 10.3 Å². The first-order valence-electron chi connectivity index (χ1n) is 9.65. The summed E-state index contributed by atoms with van der Waals surface area (Å²) >= 11 is 1.42. The molecule has 10 heteroatoms. The van der Waals surface area contributed by atoms with Crippen LogP contribution in [-0.4, -0.2) is 62.0 Å². The Morgan fingerprint density at radius 2 is 2.07 bits per heavy atom. The summed E-state index contributed by atoms with van der Waals surface area (Å²) in [5.74, 6) is -0.126. The molecule has 29 heavy (non-hydrogen) atoms. The smallest absolute Gasteiger partial charge is 0.321 e. The van der Waals surface area contributed by atoms with Crippen LogP contribution in [0, 0.1) is 0 Å². The fourth-order valence-electron chi connectivity index (χ4n) is 3.16. The largest absolute Gasteiger partial charge is 0.494 e. The Labute approximate surface area is 173 Å². The number of morpholine rings is 1. The minimum absolute atomic E-state index is 0.158. The summed E-state index contributed by atoms with van der Waals surface area (Å²) in [5, 5.41) is 14.7. The Hall–Kier alpha value is -2.59. The van der Waals surface area contributed by atoms with Crippen LogP contribution >= 0.6 is 11.3 Å². The van der Waals surface area contributed by atoms with Crippen molar-refractivity contribution >= 4 is 44.4 Å². The molecular formula is C19H26N4O5S. The van der Waals surface area contributed by atoms with E-state index in [1.165, 1.54) is 11.3 Å². The van der Waals surface area contributed by atoms with Crippen LogP contribution in [0.1, 0.15) is 25.7 Å². The Balaban J connectivity index is 1.62. The number of hydrogen-bond acceptors (Lipinski definition) is 7. The molecule has 1 aromatic heterocycles. The number of methoxy groups -OCH3 is 1. The van der Waals surface area contributed by atoms with Gasteiger partial charge in [0.1, 0.15) is 11.3 Å². The maximum absolute atomic E-state index is 12.2. The number of nitrogens with zero attached hydrogens (tertiary/aromatic N) is 2. The van der Waals surface area contributed by atoms with Crippen molar-refractivity contribution in [3.63, 3.8) is 0 Å². The number of carboxylic acids is 1. The molecule has 158 valence electrons. The van der Waals surface area contributed by atoms with Crippen molar-refractivity contribution in [3.8, 4) is 5.75 Å². The van der Waals surface area contributed by atoms with Gasteiger partial charge in [0.05, 0.1) is 30.7 Å². The molecule has 0 bridgehead atoms. The second-order valence-electron chi connectivity index (χ2n) is 6.67. The first-order valence-corrected chi connectivity index (χ1v) is 10.5. The van der Waals surface area contributed by atoms with E-state index in [4.69, 9.17) is 14.6 Å². The van der Waals surface area contributed by atoms with E-state index in [-0.39, 0.29) is 12.5 Å². The zero-order valence-electron chi connectivity index (χ0n) is 16.4. The van der Waals surface area contributed by atoms with Gasteiger partial charge >= 0.3 is 12.0 Å². The number of carbonyl (C=O) groups excluding carboxylic acids is 1. The normalized spacial score (nSPS) is 14.0. The van der Waals surface area contributed by atoms with E-state index >= 15 is 0 Å². The number of amides is 2. The van der Waals surface area contributed by atoms with Crippen molar-refractivity contribution < 1.29 is 24.2 Å². The third-order valence-corrected chi connectivity index (χ3v) is 5.62. The molecular weight excluding hydrogens is 396 g/mol. The highest BCUT2D eigenvalue weighted by Crippen LogP contribution is 2.39. The summed E-state index contributed by atoms with van der Waals surface area (Å²) < 4.78 is 11.8. The van der Waals surface area contributed by atoms with Gasteiger partial charge in [-0.1, -0.05) is 17.8 Å². The monoisotopic (exact) mass is 422 g/mol. The van der Waals surface area contributed by atoms with Crippen LogP contribution in [-0.2, 0) is 9.53 Å².